The van der Waals surface area contributed by atoms with Crippen LogP contribution in [0.1, 0.15) is 36.9 Å². The monoisotopic (exact) mass is 269 g/mol. The molecule has 0 unspecified atom stereocenters. The SMILES string of the molecule is Clc1ccc(C(=C2CCCC2)c2ccccn2)cc1. The standard InChI is InChI=1S/C17H16ClN/c18-15-10-8-14(9-11-15)17(13-5-1-2-6-13)16-7-3-4-12-19-16/h3-4,7-12H,1-2,5-6H2. The van der Waals surface area contributed by atoms with Gasteiger partial charge in [-0.1, -0.05) is 35.4 Å². The molecular formula is C17H16ClN. The van der Waals surface area contributed by atoms with Gasteiger partial charge in [-0.15, -0.1) is 0 Å². The molecule has 1 aromatic heterocycles. The fourth-order valence-electron chi connectivity index (χ4n) is 2.71. The Morgan fingerprint density at radius 2 is 1.68 bits per heavy atom. The maximum atomic E-state index is 5.99. The number of aromatic nitrogens is 1. The van der Waals surface area contributed by atoms with Gasteiger partial charge in [0.25, 0.3) is 0 Å². The van der Waals surface area contributed by atoms with Crippen molar-refractivity contribution in [3.63, 3.8) is 0 Å². The molecule has 0 atom stereocenters. The number of pyridine rings is 1. The molecule has 0 saturated heterocycles. The van der Waals surface area contributed by atoms with Crippen LogP contribution in [0.25, 0.3) is 5.57 Å². The first-order chi connectivity index (χ1) is 9.34. The number of nitrogens with zero attached hydrogens (tertiary/aromatic N) is 1. The Hall–Kier alpha value is -1.60. The predicted molar refractivity (Wildman–Crippen MR) is 80.2 cm³/mol. The lowest BCUT2D eigenvalue weighted by molar-refractivity contribution is 0.886. The first-order valence-electron chi connectivity index (χ1n) is 6.74. The summed E-state index contributed by atoms with van der Waals surface area (Å²) < 4.78 is 0. The van der Waals surface area contributed by atoms with E-state index in [1.807, 2.05) is 30.5 Å². The summed E-state index contributed by atoms with van der Waals surface area (Å²) in [5, 5.41) is 0.778. The topological polar surface area (TPSA) is 12.9 Å². The predicted octanol–water partition coefficient (Wildman–Crippen LogP) is 5.11. The molecular weight excluding hydrogens is 254 g/mol. The second-order valence-corrected chi connectivity index (χ2v) is 5.34. The van der Waals surface area contributed by atoms with E-state index in [1.54, 1.807) is 0 Å². The van der Waals surface area contributed by atoms with E-state index < -0.39 is 0 Å². The van der Waals surface area contributed by atoms with Crippen molar-refractivity contribution in [1.29, 1.82) is 0 Å². The largest absolute Gasteiger partial charge is 0.256 e. The number of hydrogen-bond acceptors (Lipinski definition) is 1. The third kappa shape index (κ3) is 2.71. The summed E-state index contributed by atoms with van der Waals surface area (Å²) >= 11 is 5.99. The lowest BCUT2D eigenvalue weighted by Crippen LogP contribution is -1.95. The Labute approximate surface area is 119 Å². The minimum absolute atomic E-state index is 0.778. The van der Waals surface area contributed by atoms with E-state index in [2.05, 4.69) is 23.2 Å². The van der Waals surface area contributed by atoms with Crippen LogP contribution >= 0.6 is 11.6 Å². The Morgan fingerprint density at radius 1 is 0.947 bits per heavy atom. The Morgan fingerprint density at radius 3 is 2.32 bits per heavy atom. The van der Waals surface area contributed by atoms with Gasteiger partial charge in [0.1, 0.15) is 0 Å². The van der Waals surface area contributed by atoms with Crippen LogP contribution in [0.4, 0.5) is 0 Å². The normalized spacial score (nSPS) is 14.7. The van der Waals surface area contributed by atoms with E-state index in [0.29, 0.717) is 0 Å². The van der Waals surface area contributed by atoms with Gasteiger partial charge in [0.05, 0.1) is 5.69 Å². The van der Waals surface area contributed by atoms with Crippen molar-refractivity contribution in [2.45, 2.75) is 25.7 Å². The molecule has 19 heavy (non-hydrogen) atoms. The second-order valence-electron chi connectivity index (χ2n) is 4.91. The van der Waals surface area contributed by atoms with Crippen molar-refractivity contribution in [1.82, 2.24) is 4.98 Å². The molecule has 3 rings (SSSR count). The summed E-state index contributed by atoms with van der Waals surface area (Å²) in [6, 6.07) is 14.2. The quantitative estimate of drug-likeness (QED) is 0.738. The van der Waals surface area contributed by atoms with Gasteiger partial charge in [-0.05, 0) is 55.5 Å². The summed E-state index contributed by atoms with van der Waals surface area (Å²) in [7, 11) is 0. The number of allylic oxidation sites excluding steroid dienone is 1. The third-order valence-corrected chi connectivity index (χ3v) is 3.87. The summed E-state index contributed by atoms with van der Waals surface area (Å²) in [6.45, 7) is 0. The number of rotatable bonds is 2. The fourth-order valence-corrected chi connectivity index (χ4v) is 2.84. The fraction of sp³-hybridized carbons (Fsp3) is 0.235. The Bertz CT molecular complexity index is 576. The smallest absolute Gasteiger partial charge is 0.0707 e. The van der Waals surface area contributed by atoms with Crippen LogP contribution in [-0.2, 0) is 0 Å². The Kier molecular flexibility index (Phi) is 3.65. The highest BCUT2D eigenvalue weighted by molar-refractivity contribution is 6.30. The second kappa shape index (κ2) is 5.58. The third-order valence-electron chi connectivity index (χ3n) is 3.61. The van der Waals surface area contributed by atoms with Gasteiger partial charge in [-0.3, -0.25) is 4.98 Å². The Balaban J connectivity index is 2.12. The molecule has 2 aromatic rings. The van der Waals surface area contributed by atoms with Gasteiger partial charge in [-0.25, -0.2) is 0 Å². The van der Waals surface area contributed by atoms with Gasteiger partial charge >= 0.3 is 0 Å². The first-order valence-corrected chi connectivity index (χ1v) is 7.12. The molecule has 1 aliphatic rings. The van der Waals surface area contributed by atoms with E-state index in [-0.39, 0.29) is 0 Å². The van der Waals surface area contributed by atoms with Gasteiger partial charge in [0.2, 0.25) is 0 Å². The van der Waals surface area contributed by atoms with E-state index in [0.717, 1.165) is 10.7 Å². The van der Waals surface area contributed by atoms with Crippen LogP contribution in [0.2, 0.25) is 5.02 Å². The minimum Gasteiger partial charge on any atom is -0.256 e. The number of halogens is 1. The van der Waals surface area contributed by atoms with Crippen molar-refractivity contribution in [3.05, 3.63) is 70.5 Å². The van der Waals surface area contributed by atoms with Gasteiger partial charge in [-0.2, -0.15) is 0 Å². The summed E-state index contributed by atoms with van der Waals surface area (Å²) in [5.41, 5.74) is 5.12. The summed E-state index contributed by atoms with van der Waals surface area (Å²) in [6.07, 6.45) is 6.82. The molecule has 0 spiro atoms. The highest BCUT2D eigenvalue weighted by Gasteiger charge is 2.16. The molecule has 1 aromatic carbocycles. The zero-order valence-corrected chi connectivity index (χ0v) is 11.5. The van der Waals surface area contributed by atoms with Crippen LogP contribution < -0.4 is 0 Å². The van der Waals surface area contributed by atoms with Crippen molar-refractivity contribution in [2.75, 3.05) is 0 Å². The van der Waals surface area contributed by atoms with E-state index >= 15 is 0 Å². The van der Waals surface area contributed by atoms with Gasteiger partial charge < -0.3 is 0 Å². The van der Waals surface area contributed by atoms with E-state index in [4.69, 9.17) is 11.6 Å². The van der Waals surface area contributed by atoms with Gasteiger partial charge in [0.15, 0.2) is 0 Å². The van der Waals surface area contributed by atoms with Crippen molar-refractivity contribution < 1.29 is 0 Å². The lowest BCUT2D eigenvalue weighted by Gasteiger charge is -2.11. The highest BCUT2D eigenvalue weighted by Crippen LogP contribution is 2.35. The van der Waals surface area contributed by atoms with Crippen molar-refractivity contribution >= 4 is 17.2 Å². The highest BCUT2D eigenvalue weighted by atomic mass is 35.5. The molecule has 96 valence electrons. The van der Waals surface area contributed by atoms with Crippen LogP contribution in [0.5, 0.6) is 0 Å². The molecule has 0 N–H and O–H groups in total. The van der Waals surface area contributed by atoms with Crippen LogP contribution in [0, 0.1) is 0 Å². The average Bonchev–Trinajstić information content (AvgIpc) is 2.96. The van der Waals surface area contributed by atoms with Gasteiger partial charge in [0, 0.05) is 16.8 Å². The average molecular weight is 270 g/mol. The molecule has 0 radical (unpaired) electrons. The first kappa shape index (κ1) is 12.4. The van der Waals surface area contributed by atoms with Crippen LogP contribution in [0.3, 0.4) is 0 Å². The molecule has 1 aliphatic carbocycles. The maximum Gasteiger partial charge on any atom is 0.0707 e. The molecule has 0 bridgehead atoms. The summed E-state index contributed by atoms with van der Waals surface area (Å²) in [5.74, 6) is 0. The lowest BCUT2D eigenvalue weighted by atomic mass is 9.95. The molecule has 1 nitrogen and oxygen atoms in total. The number of benzene rings is 1. The molecule has 1 saturated carbocycles. The van der Waals surface area contributed by atoms with Crippen LogP contribution in [0.15, 0.2) is 54.2 Å². The summed E-state index contributed by atoms with van der Waals surface area (Å²) in [4.78, 5) is 4.53. The molecule has 2 heteroatoms. The minimum atomic E-state index is 0.778. The number of hydrogen-bond donors (Lipinski definition) is 0. The maximum absolute atomic E-state index is 5.99. The zero-order valence-electron chi connectivity index (χ0n) is 10.8. The van der Waals surface area contributed by atoms with Crippen LogP contribution in [-0.4, -0.2) is 4.98 Å². The molecule has 1 heterocycles. The molecule has 1 fully saturated rings. The van der Waals surface area contributed by atoms with E-state index in [1.165, 1.54) is 42.4 Å². The van der Waals surface area contributed by atoms with Crippen molar-refractivity contribution in [2.24, 2.45) is 0 Å². The van der Waals surface area contributed by atoms with Crippen molar-refractivity contribution in [3.8, 4) is 0 Å². The molecule has 0 amide bonds. The zero-order chi connectivity index (χ0) is 13.1. The van der Waals surface area contributed by atoms with E-state index in [9.17, 15) is 0 Å². The molecule has 0 aliphatic heterocycles.